The van der Waals surface area contributed by atoms with Crippen LogP contribution in [-0.2, 0) is 17.6 Å². The summed E-state index contributed by atoms with van der Waals surface area (Å²) >= 11 is 0. The molecule has 0 saturated carbocycles. The smallest absolute Gasteiger partial charge is 0.414 e. The van der Waals surface area contributed by atoms with Crippen molar-refractivity contribution >= 4 is 23.7 Å². The van der Waals surface area contributed by atoms with Gasteiger partial charge in [0, 0.05) is 40.2 Å². The lowest BCUT2D eigenvalue weighted by Gasteiger charge is -2.20. The molecule has 11 nitrogen and oxygen atoms in total. The van der Waals surface area contributed by atoms with Crippen molar-refractivity contribution in [2.24, 2.45) is 0 Å². The fraction of sp³-hybridized carbons (Fsp3) is 0.333. The van der Waals surface area contributed by atoms with E-state index >= 15 is 0 Å². The average Bonchev–Trinajstić information content (AvgIpc) is 2.92. The molecule has 1 atom stereocenters. The minimum Gasteiger partial charge on any atom is -0.493 e. The van der Waals surface area contributed by atoms with E-state index in [1.807, 2.05) is 30.1 Å². The van der Waals surface area contributed by atoms with Gasteiger partial charge in [-0.15, -0.1) is 0 Å². The molecule has 0 spiro atoms. The minimum atomic E-state index is -1.02. The third-order valence-electron chi connectivity index (χ3n) is 5.78. The normalized spacial score (nSPS) is 11.3. The van der Waals surface area contributed by atoms with Crippen molar-refractivity contribution in [2.75, 3.05) is 52.1 Å². The molecule has 1 amide bonds. The zero-order valence-electron chi connectivity index (χ0n) is 22.2. The average molecular weight is 524 g/mol. The van der Waals surface area contributed by atoms with Crippen LogP contribution in [0.3, 0.4) is 0 Å². The number of likely N-dealkylation sites (N-methyl/N-ethyl adjacent to an activating group) is 1. The van der Waals surface area contributed by atoms with E-state index in [2.05, 4.69) is 15.3 Å². The maximum atomic E-state index is 12.0. The number of carbonyl (C=O) groups excluding carboxylic acids is 1. The Balaban J connectivity index is 1.62. The van der Waals surface area contributed by atoms with E-state index in [1.54, 1.807) is 58.6 Å². The zero-order chi connectivity index (χ0) is 27.7. The van der Waals surface area contributed by atoms with Gasteiger partial charge >= 0.3 is 12.1 Å². The molecule has 1 aromatic heterocycles. The Morgan fingerprint density at radius 1 is 0.947 bits per heavy atom. The molecule has 11 heteroatoms. The number of nitrogens with one attached hydrogen (secondary N) is 1. The number of benzene rings is 2. The number of nitrogens with zero attached hydrogens (tertiary/aromatic N) is 4. The lowest BCUT2D eigenvalue weighted by Crippen LogP contribution is -2.32. The molecule has 3 rings (SSSR count). The van der Waals surface area contributed by atoms with Crippen LogP contribution in [0.5, 0.6) is 17.2 Å². The summed E-state index contributed by atoms with van der Waals surface area (Å²) in [7, 11) is 8.29. The summed E-state index contributed by atoms with van der Waals surface area (Å²) in [6, 6.07) is 13.3. The maximum Gasteiger partial charge on any atom is 0.414 e. The van der Waals surface area contributed by atoms with Gasteiger partial charge in [0.25, 0.3) is 0 Å². The van der Waals surface area contributed by atoms with Crippen LogP contribution in [0.4, 0.5) is 16.4 Å². The van der Waals surface area contributed by atoms with E-state index in [0.29, 0.717) is 35.4 Å². The number of carbonyl (C=O) groups is 2. The van der Waals surface area contributed by atoms with Crippen LogP contribution >= 0.6 is 0 Å². The second kappa shape index (κ2) is 13.1. The van der Waals surface area contributed by atoms with Crippen LogP contribution in [0.15, 0.2) is 54.9 Å². The molecule has 0 aliphatic carbocycles. The molecule has 3 aromatic rings. The van der Waals surface area contributed by atoms with E-state index in [-0.39, 0.29) is 6.42 Å². The Morgan fingerprint density at radius 3 is 2.26 bits per heavy atom. The maximum absolute atomic E-state index is 12.0. The van der Waals surface area contributed by atoms with Gasteiger partial charge in [0.15, 0.2) is 11.5 Å². The van der Waals surface area contributed by atoms with Gasteiger partial charge in [0.2, 0.25) is 0 Å². The van der Waals surface area contributed by atoms with Crippen LogP contribution < -0.4 is 24.4 Å². The summed E-state index contributed by atoms with van der Waals surface area (Å²) in [6.07, 6.45) is 1.85. The molecule has 0 aliphatic heterocycles. The van der Waals surface area contributed by atoms with Crippen molar-refractivity contribution in [3.8, 4) is 17.2 Å². The first-order chi connectivity index (χ1) is 18.2. The third-order valence-corrected chi connectivity index (χ3v) is 5.78. The van der Waals surface area contributed by atoms with Crippen molar-refractivity contribution in [2.45, 2.75) is 18.9 Å². The largest absolute Gasteiger partial charge is 0.493 e. The second-order valence-corrected chi connectivity index (χ2v) is 8.77. The number of rotatable bonds is 12. The van der Waals surface area contributed by atoms with Crippen LogP contribution in [0, 0.1) is 0 Å². The van der Waals surface area contributed by atoms with E-state index in [1.165, 1.54) is 11.2 Å². The summed E-state index contributed by atoms with van der Waals surface area (Å²) in [6.45, 7) is 0.666. The van der Waals surface area contributed by atoms with Gasteiger partial charge in [0.05, 0.1) is 14.2 Å². The molecule has 1 heterocycles. The summed E-state index contributed by atoms with van der Waals surface area (Å²) in [4.78, 5) is 35.5. The quantitative estimate of drug-likeness (QED) is 0.365. The molecule has 0 unspecified atom stereocenters. The third kappa shape index (κ3) is 7.73. The number of aromatic nitrogens is 2. The first-order valence-electron chi connectivity index (χ1n) is 11.9. The Bertz CT molecular complexity index is 1230. The first kappa shape index (κ1) is 28.0. The summed E-state index contributed by atoms with van der Waals surface area (Å²) in [5.41, 5.74) is 1.84. The highest BCUT2D eigenvalue weighted by molar-refractivity contribution is 5.77. The fourth-order valence-corrected chi connectivity index (χ4v) is 3.58. The lowest BCUT2D eigenvalue weighted by atomic mass is 10.1. The van der Waals surface area contributed by atoms with Crippen LogP contribution in [0.2, 0.25) is 0 Å². The second-order valence-electron chi connectivity index (χ2n) is 8.77. The van der Waals surface area contributed by atoms with Gasteiger partial charge in [-0.05, 0) is 41.8 Å². The van der Waals surface area contributed by atoms with Crippen LogP contribution in [0.25, 0.3) is 0 Å². The molecule has 2 N–H and O–H groups in total. The first-order valence-corrected chi connectivity index (χ1v) is 11.9. The van der Waals surface area contributed by atoms with Gasteiger partial charge in [-0.25, -0.2) is 19.6 Å². The topological polar surface area (TPSA) is 126 Å². The SMILES string of the molecule is COc1ccc(CCN(C)c2cc(N[C@@H](Cc3ccc(OC(=O)N(C)C)cc3)C(=O)O)ncn2)cc1OC. The zero-order valence-corrected chi connectivity index (χ0v) is 22.2. The van der Waals surface area contributed by atoms with E-state index < -0.39 is 18.1 Å². The van der Waals surface area contributed by atoms with E-state index in [4.69, 9.17) is 14.2 Å². The number of amides is 1. The lowest BCUT2D eigenvalue weighted by molar-refractivity contribution is -0.137. The van der Waals surface area contributed by atoms with Crippen LogP contribution in [-0.4, -0.2) is 80.0 Å². The molecule has 0 bridgehead atoms. The molecule has 202 valence electrons. The van der Waals surface area contributed by atoms with Gasteiger partial charge in [-0.3, -0.25) is 0 Å². The van der Waals surface area contributed by atoms with Crippen molar-refractivity contribution in [1.82, 2.24) is 14.9 Å². The van der Waals surface area contributed by atoms with Crippen molar-refractivity contribution in [1.29, 1.82) is 0 Å². The monoisotopic (exact) mass is 523 g/mol. The molecule has 0 radical (unpaired) electrons. The number of aliphatic carboxylic acids is 1. The number of hydrogen-bond donors (Lipinski definition) is 2. The number of ether oxygens (including phenoxy) is 3. The number of carboxylic acids is 1. The number of methoxy groups -OCH3 is 2. The summed E-state index contributed by atoms with van der Waals surface area (Å²) < 4.78 is 15.9. The fourth-order valence-electron chi connectivity index (χ4n) is 3.58. The van der Waals surface area contributed by atoms with E-state index in [9.17, 15) is 14.7 Å². The summed E-state index contributed by atoms with van der Waals surface area (Å²) in [5.74, 6) is 1.76. The Kier molecular flexibility index (Phi) is 9.69. The van der Waals surface area contributed by atoms with Crippen molar-refractivity contribution in [3.63, 3.8) is 0 Å². The molecule has 0 aliphatic rings. The van der Waals surface area contributed by atoms with Crippen molar-refractivity contribution < 1.29 is 28.9 Å². The Morgan fingerprint density at radius 2 is 1.63 bits per heavy atom. The minimum absolute atomic E-state index is 0.200. The highest BCUT2D eigenvalue weighted by Crippen LogP contribution is 2.28. The predicted molar refractivity (Wildman–Crippen MR) is 143 cm³/mol. The number of hydrogen-bond acceptors (Lipinski definition) is 9. The number of carboxylic acid groups (broad SMARTS) is 1. The summed E-state index contributed by atoms with van der Waals surface area (Å²) in [5, 5.41) is 12.8. The van der Waals surface area contributed by atoms with E-state index in [0.717, 1.165) is 17.5 Å². The molecule has 0 fully saturated rings. The van der Waals surface area contributed by atoms with Crippen molar-refractivity contribution in [3.05, 3.63) is 66.0 Å². The molecule has 0 saturated heterocycles. The van der Waals surface area contributed by atoms with Gasteiger partial charge in [0.1, 0.15) is 29.8 Å². The molecule has 38 heavy (non-hydrogen) atoms. The highest BCUT2D eigenvalue weighted by Gasteiger charge is 2.19. The van der Waals surface area contributed by atoms with Gasteiger partial charge in [-0.2, -0.15) is 0 Å². The highest BCUT2D eigenvalue weighted by atomic mass is 16.6. The standard InChI is InChI=1S/C27H33N5O6/c1-31(2)27(35)38-20-9-6-18(7-10-20)14-21(26(33)34)30-24-16-25(29-17-28-24)32(3)13-12-19-8-11-22(36-4)23(15-19)37-5/h6-11,15-17,21H,12-14H2,1-5H3,(H,33,34)(H,28,29,30)/t21-/m0/s1. The number of anilines is 2. The molecule has 2 aromatic carbocycles. The Hall–Kier alpha value is -4.54. The van der Waals surface area contributed by atoms with Crippen LogP contribution in [0.1, 0.15) is 11.1 Å². The Labute approximate surface area is 222 Å². The van der Waals surface area contributed by atoms with Gasteiger partial charge in [-0.1, -0.05) is 18.2 Å². The predicted octanol–water partition coefficient (Wildman–Crippen LogP) is 3.34. The molecular formula is C27H33N5O6. The molecular weight excluding hydrogens is 490 g/mol. The van der Waals surface area contributed by atoms with Gasteiger partial charge < -0.3 is 34.4 Å².